The fourth-order valence-corrected chi connectivity index (χ4v) is 6.75. The summed E-state index contributed by atoms with van der Waals surface area (Å²) in [6.07, 6.45) is 8.64. The molecule has 0 N–H and O–H groups in total. The lowest BCUT2D eigenvalue weighted by atomic mass is 9.91. The van der Waals surface area contributed by atoms with Gasteiger partial charge in [0.15, 0.2) is 11.5 Å². The van der Waals surface area contributed by atoms with E-state index in [4.69, 9.17) is 14.5 Å². The van der Waals surface area contributed by atoms with Crippen LogP contribution in [0.3, 0.4) is 0 Å². The van der Waals surface area contributed by atoms with Crippen LogP contribution < -0.4 is 14.4 Å². The number of fused-ring (bicyclic) bond motifs is 3. The Balaban J connectivity index is 1.55. The molecule has 0 unspecified atom stereocenters. The Kier molecular flexibility index (Phi) is 7.09. The number of nitrogens with zero attached hydrogens (tertiary/aromatic N) is 3. The summed E-state index contributed by atoms with van der Waals surface area (Å²) in [5.74, 6) is 1.19. The molecule has 8 heteroatoms. The predicted molar refractivity (Wildman–Crippen MR) is 138 cm³/mol. The molecule has 0 saturated carbocycles. The van der Waals surface area contributed by atoms with Gasteiger partial charge in [0, 0.05) is 29.1 Å². The largest absolute Gasteiger partial charge is 0.493 e. The summed E-state index contributed by atoms with van der Waals surface area (Å²) in [5, 5.41) is 0.871. The lowest BCUT2D eigenvalue weighted by Crippen LogP contribution is -2.43. The zero-order valence-electron chi connectivity index (χ0n) is 20.6. The van der Waals surface area contributed by atoms with E-state index in [1.165, 1.54) is 10.4 Å². The lowest BCUT2D eigenvalue weighted by molar-refractivity contribution is -0.131. The third kappa shape index (κ3) is 4.68. The maximum absolute atomic E-state index is 13.4. The second-order valence-corrected chi connectivity index (χ2v) is 10.5. The van der Waals surface area contributed by atoms with Crippen LogP contribution in [0.2, 0.25) is 0 Å². The highest BCUT2D eigenvalue weighted by molar-refractivity contribution is 7.17. The molecule has 3 heterocycles. The van der Waals surface area contributed by atoms with Crippen LogP contribution >= 0.6 is 11.3 Å². The molecule has 0 atom stereocenters. The van der Waals surface area contributed by atoms with Crippen LogP contribution in [-0.4, -0.2) is 62.8 Å². The second-order valence-electron chi connectivity index (χ2n) is 9.40. The molecule has 1 saturated heterocycles. The molecule has 1 aliphatic carbocycles. The summed E-state index contributed by atoms with van der Waals surface area (Å²) >= 11 is 1.67. The van der Waals surface area contributed by atoms with Gasteiger partial charge in [0.2, 0.25) is 11.8 Å². The minimum Gasteiger partial charge on any atom is -0.493 e. The van der Waals surface area contributed by atoms with Gasteiger partial charge in [0.05, 0.1) is 19.9 Å². The van der Waals surface area contributed by atoms with E-state index in [0.29, 0.717) is 11.5 Å². The van der Waals surface area contributed by atoms with Gasteiger partial charge in [-0.25, -0.2) is 0 Å². The fraction of sp³-hybridized carbons (Fsp3) is 0.519. The molecule has 2 amide bonds. The minimum atomic E-state index is -0.122. The van der Waals surface area contributed by atoms with E-state index in [1.54, 1.807) is 30.5 Å². The summed E-state index contributed by atoms with van der Waals surface area (Å²) in [5.41, 5.74) is 4.00. The highest BCUT2D eigenvalue weighted by Gasteiger charge is 2.34. The van der Waals surface area contributed by atoms with Crippen molar-refractivity contribution >= 4 is 33.9 Å². The van der Waals surface area contributed by atoms with Gasteiger partial charge in [-0.3, -0.25) is 19.5 Å². The standard InChI is InChI=1S/C27H33N3O4S/c1-33-20-12-11-18(15-21(20)34-2)26-25-19-9-5-6-10-22(19)35-27(25)30(23(31)16-28-26)17-24(32)29-13-7-3-4-8-14-29/h11-12,15H,3-10,13-14,16-17H2,1-2H3. The molecule has 1 fully saturated rings. The molecule has 1 aromatic carbocycles. The summed E-state index contributed by atoms with van der Waals surface area (Å²) in [4.78, 5) is 36.5. The summed E-state index contributed by atoms with van der Waals surface area (Å²) in [7, 11) is 3.24. The molecule has 1 aromatic heterocycles. The third-order valence-electron chi connectivity index (χ3n) is 7.22. The van der Waals surface area contributed by atoms with Crippen LogP contribution in [0.15, 0.2) is 23.2 Å². The molecule has 2 aromatic rings. The zero-order chi connectivity index (χ0) is 24.4. The molecule has 2 aliphatic heterocycles. The molecule has 0 bridgehead atoms. The summed E-state index contributed by atoms with van der Waals surface area (Å²) in [6.45, 7) is 1.66. The Morgan fingerprint density at radius 2 is 1.74 bits per heavy atom. The van der Waals surface area contributed by atoms with Gasteiger partial charge in [0.25, 0.3) is 0 Å². The van der Waals surface area contributed by atoms with Gasteiger partial charge < -0.3 is 14.4 Å². The molecule has 0 radical (unpaired) electrons. The average Bonchev–Trinajstić information content (AvgIpc) is 3.01. The Hall–Kier alpha value is -2.87. The molecule has 35 heavy (non-hydrogen) atoms. The number of amides is 2. The van der Waals surface area contributed by atoms with E-state index in [-0.39, 0.29) is 24.9 Å². The molecule has 186 valence electrons. The van der Waals surface area contributed by atoms with Crippen LogP contribution in [0.25, 0.3) is 0 Å². The molecule has 7 nitrogen and oxygen atoms in total. The number of hydrogen-bond acceptors (Lipinski definition) is 6. The topological polar surface area (TPSA) is 71.4 Å². The van der Waals surface area contributed by atoms with Crippen LogP contribution in [0.4, 0.5) is 5.00 Å². The smallest absolute Gasteiger partial charge is 0.249 e. The average molecular weight is 496 g/mol. The first-order valence-corrected chi connectivity index (χ1v) is 13.4. The number of aryl methyl sites for hydroxylation is 1. The first kappa shape index (κ1) is 23.9. The van der Waals surface area contributed by atoms with Crippen molar-refractivity contribution in [2.45, 2.75) is 51.4 Å². The van der Waals surface area contributed by atoms with Gasteiger partial charge in [-0.15, -0.1) is 11.3 Å². The van der Waals surface area contributed by atoms with Crippen LogP contribution in [0.5, 0.6) is 11.5 Å². The summed E-state index contributed by atoms with van der Waals surface area (Å²) < 4.78 is 11.0. The first-order valence-electron chi connectivity index (χ1n) is 12.6. The van der Waals surface area contributed by atoms with Gasteiger partial charge in [-0.1, -0.05) is 12.8 Å². The Labute approximate surface area is 210 Å². The van der Waals surface area contributed by atoms with E-state index < -0.39 is 0 Å². The van der Waals surface area contributed by atoms with Gasteiger partial charge in [-0.2, -0.15) is 0 Å². The second kappa shape index (κ2) is 10.4. The number of aliphatic imine (C=N–C) groups is 1. The van der Waals surface area contributed by atoms with Crippen molar-refractivity contribution in [3.8, 4) is 11.5 Å². The lowest BCUT2D eigenvalue weighted by Gasteiger charge is -2.25. The van der Waals surface area contributed by atoms with Crippen molar-refractivity contribution in [3.05, 3.63) is 39.8 Å². The number of carbonyl (C=O) groups is 2. The van der Waals surface area contributed by atoms with Crippen molar-refractivity contribution < 1.29 is 19.1 Å². The van der Waals surface area contributed by atoms with Crippen molar-refractivity contribution in [2.75, 3.05) is 45.3 Å². The van der Waals surface area contributed by atoms with Crippen molar-refractivity contribution in [1.29, 1.82) is 0 Å². The number of benzene rings is 1. The van der Waals surface area contributed by atoms with Crippen LogP contribution in [-0.2, 0) is 22.4 Å². The van der Waals surface area contributed by atoms with Crippen molar-refractivity contribution in [3.63, 3.8) is 0 Å². The maximum Gasteiger partial charge on any atom is 0.249 e. The fourth-order valence-electron chi connectivity index (χ4n) is 5.34. The number of carbonyl (C=O) groups excluding carboxylic acids is 2. The normalized spacial score (nSPS) is 18.2. The van der Waals surface area contributed by atoms with Crippen molar-refractivity contribution in [1.82, 2.24) is 4.90 Å². The number of likely N-dealkylation sites (tertiary alicyclic amines) is 1. The SMILES string of the molecule is COc1ccc(C2=NCC(=O)N(CC(=O)N3CCCCCC3)c3sc4c(c32)CCCC4)cc1OC. The Morgan fingerprint density at radius 1 is 1.00 bits per heavy atom. The van der Waals surface area contributed by atoms with E-state index in [1.807, 2.05) is 23.1 Å². The molecular formula is C27H33N3O4S. The van der Waals surface area contributed by atoms with Crippen LogP contribution in [0.1, 0.15) is 60.1 Å². The van der Waals surface area contributed by atoms with E-state index in [2.05, 4.69) is 0 Å². The van der Waals surface area contributed by atoms with E-state index in [9.17, 15) is 9.59 Å². The Bertz CT molecular complexity index is 1150. The number of rotatable bonds is 5. The summed E-state index contributed by atoms with van der Waals surface area (Å²) in [6, 6.07) is 5.78. The Morgan fingerprint density at radius 3 is 2.49 bits per heavy atom. The number of ether oxygens (including phenoxy) is 2. The van der Waals surface area contributed by atoms with Crippen LogP contribution in [0, 0.1) is 0 Å². The number of hydrogen-bond donors (Lipinski definition) is 0. The predicted octanol–water partition coefficient (Wildman–Crippen LogP) is 4.23. The van der Waals surface area contributed by atoms with Crippen molar-refractivity contribution in [2.24, 2.45) is 4.99 Å². The van der Waals surface area contributed by atoms with E-state index in [0.717, 1.165) is 86.3 Å². The zero-order valence-corrected chi connectivity index (χ0v) is 21.4. The van der Waals surface area contributed by atoms with E-state index >= 15 is 0 Å². The molecular weight excluding hydrogens is 462 g/mol. The highest BCUT2D eigenvalue weighted by Crippen LogP contribution is 2.43. The molecule has 3 aliphatic rings. The number of thiophene rings is 1. The quantitative estimate of drug-likeness (QED) is 0.622. The third-order valence-corrected chi connectivity index (χ3v) is 8.53. The molecule has 5 rings (SSSR count). The minimum absolute atomic E-state index is 0.0210. The van der Waals surface area contributed by atoms with Gasteiger partial charge >= 0.3 is 0 Å². The number of methoxy groups -OCH3 is 2. The monoisotopic (exact) mass is 495 g/mol. The first-order chi connectivity index (χ1) is 17.1. The highest BCUT2D eigenvalue weighted by atomic mass is 32.1. The van der Waals surface area contributed by atoms with Gasteiger partial charge in [-0.05, 0) is 62.3 Å². The maximum atomic E-state index is 13.4. The number of anilines is 1. The van der Waals surface area contributed by atoms with Gasteiger partial charge in [0.1, 0.15) is 18.1 Å². The molecule has 0 spiro atoms.